The number of nitrogens with one attached hydrogen (secondary N) is 1. The largest absolute Gasteiger partial charge is 0.421 e. The van der Waals surface area contributed by atoms with Crippen molar-refractivity contribution in [1.82, 2.24) is 9.97 Å². The van der Waals surface area contributed by atoms with E-state index in [1.54, 1.807) is 64.7 Å². The summed E-state index contributed by atoms with van der Waals surface area (Å²) in [6, 6.07) is 28.9. The molecule has 0 amide bonds. The molecule has 1 aromatic carbocycles. The van der Waals surface area contributed by atoms with Crippen molar-refractivity contribution >= 4 is 123 Å². The molecule has 9 heterocycles. The zero-order valence-corrected chi connectivity index (χ0v) is 51.6. The smallest absolute Gasteiger partial charge is 0.141 e. The molecule has 4 nitrogen and oxygen atoms in total. The summed E-state index contributed by atoms with van der Waals surface area (Å²) in [6.45, 7) is 26.8. The molecule has 0 unspecified atom stereocenters. The highest BCUT2D eigenvalue weighted by molar-refractivity contribution is 7.29. The maximum atomic E-state index is 5.34. The molecule has 0 atom stereocenters. The summed E-state index contributed by atoms with van der Waals surface area (Å²) in [5.74, 6) is 0.948. The van der Waals surface area contributed by atoms with Crippen LogP contribution in [0, 0.1) is 0 Å². The molecule has 2 aliphatic rings. The third-order valence-corrected chi connectivity index (χ3v) is 42.1. The molecule has 364 valence electrons. The van der Waals surface area contributed by atoms with E-state index in [-0.39, 0.29) is 0 Å². The van der Waals surface area contributed by atoms with Gasteiger partial charge in [-0.2, -0.15) is 0 Å². The van der Waals surface area contributed by atoms with Crippen molar-refractivity contribution in [1.29, 1.82) is 0 Å². The SMILES string of the molecule is CCCCCCc1ccsc1-c1sc(-c2sc(-c3ccc(-c4nc5c(-c6cccs6)sc(-c6cccs6)c5[nH]4)cc3)cc2CCCCCC)c2c1N1[Si](C)(C)CC[Si](C)(C)N2[Si](C)(C)CC[Si]1(C)C. The minimum atomic E-state index is -1.89. The predicted molar refractivity (Wildman–Crippen MR) is 326 cm³/mol. The Labute approximate surface area is 441 Å². The monoisotopic (exact) mass is 1090 g/mol. The molecule has 0 fully saturated rings. The number of benzene rings is 1. The Balaban J connectivity index is 1.14. The van der Waals surface area contributed by atoms with Crippen LogP contribution in [0.2, 0.25) is 76.6 Å². The highest BCUT2D eigenvalue weighted by Gasteiger charge is 2.54. The van der Waals surface area contributed by atoms with Gasteiger partial charge in [-0.1, -0.05) is 141 Å². The van der Waals surface area contributed by atoms with Gasteiger partial charge >= 0.3 is 0 Å². The van der Waals surface area contributed by atoms with E-state index in [2.05, 4.69) is 179 Å². The topological polar surface area (TPSA) is 35.2 Å². The summed E-state index contributed by atoms with van der Waals surface area (Å²) in [5, 5.41) is 6.78. The number of anilines is 2. The van der Waals surface area contributed by atoms with Gasteiger partial charge in [-0.15, -0.1) is 68.0 Å². The van der Waals surface area contributed by atoms with Crippen LogP contribution < -0.4 is 8.46 Å². The first-order valence-corrected chi connectivity index (χ1v) is 43.5. The maximum Gasteiger partial charge on any atom is 0.141 e. The lowest BCUT2D eigenvalue weighted by Gasteiger charge is -2.60. The number of aromatic nitrogens is 2. The number of hydrogen-bond acceptors (Lipinski definition) is 9. The van der Waals surface area contributed by atoms with E-state index in [0.29, 0.717) is 0 Å². The van der Waals surface area contributed by atoms with Crippen molar-refractivity contribution < 1.29 is 0 Å². The number of imidazole rings is 1. The number of thiophene rings is 6. The van der Waals surface area contributed by atoms with Gasteiger partial charge in [0.2, 0.25) is 0 Å². The normalized spacial score (nSPS) is 17.3. The van der Waals surface area contributed by atoms with Crippen LogP contribution in [-0.4, -0.2) is 42.9 Å². The molecule has 0 saturated heterocycles. The van der Waals surface area contributed by atoms with Crippen molar-refractivity contribution in [3.63, 3.8) is 0 Å². The third kappa shape index (κ3) is 9.59. The Bertz CT molecular complexity index is 2920. The number of unbranched alkanes of at least 4 members (excludes halogenated alkanes) is 6. The second-order valence-electron chi connectivity index (χ2n) is 22.3. The lowest BCUT2D eigenvalue weighted by molar-refractivity contribution is 0.668. The van der Waals surface area contributed by atoms with Crippen LogP contribution in [0.15, 0.2) is 76.8 Å². The Hall–Kier alpha value is -2.64. The quantitative estimate of drug-likeness (QED) is 0.0774. The number of nitrogens with zero attached hydrogens (tertiary/aromatic N) is 3. The number of fused-ring (bicyclic) bond motifs is 1. The Morgan fingerprint density at radius 2 is 1.01 bits per heavy atom. The zero-order chi connectivity index (χ0) is 48.3. The number of aryl methyl sites for hydroxylation is 2. The van der Waals surface area contributed by atoms with E-state index in [0.717, 1.165) is 28.8 Å². The molecule has 14 heteroatoms. The highest BCUT2D eigenvalue weighted by Crippen LogP contribution is 2.62. The molecule has 8 aromatic rings. The highest BCUT2D eigenvalue weighted by atomic mass is 32.1. The van der Waals surface area contributed by atoms with Gasteiger partial charge in [0, 0.05) is 25.1 Å². The molecule has 0 spiro atoms. The standard InChI is InChI=1S/C55H72N4S6Si4/c1-11-13-15-17-21-39-29-32-62-49(39)53-47-48(59-68(7,8)35-33-66(3,4)58(47)67(5,6)34-36-69(59,9)10)54(65-53)50-41(22-18-16-14-12-2)37-44(63-50)38-25-27-40(28-26-38)55-56-45-46(57-55)52(43-24-20-31-61-43)64-51(45)42-23-19-30-60-42/h19-20,23-32,37H,11-18,21-22,33-36H2,1-10H3,(H,56,57). The zero-order valence-electron chi connectivity index (χ0n) is 42.7. The molecule has 0 aliphatic carbocycles. The number of H-pyrrole nitrogens is 1. The van der Waals surface area contributed by atoms with Gasteiger partial charge in [-0.05, 0) is 107 Å². The summed E-state index contributed by atoms with van der Waals surface area (Å²) in [6.07, 6.45) is 12.7. The van der Waals surface area contributed by atoms with Gasteiger partial charge in [0.25, 0.3) is 0 Å². The molecule has 69 heavy (non-hydrogen) atoms. The molecule has 0 radical (unpaired) electrons. The fraction of sp³-hybridized carbons (Fsp3) is 0.436. The molecule has 7 aromatic heterocycles. The first kappa shape index (κ1) is 49.9. The van der Waals surface area contributed by atoms with Crippen LogP contribution in [0.25, 0.3) is 71.9 Å². The summed E-state index contributed by atoms with van der Waals surface area (Å²) in [4.78, 5) is 22.0. The van der Waals surface area contributed by atoms with Crippen LogP contribution in [-0.2, 0) is 12.8 Å². The van der Waals surface area contributed by atoms with Crippen molar-refractivity contribution in [2.75, 3.05) is 8.46 Å². The van der Waals surface area contributed by atoms with E-state index in [4.69, 9.17) is 4.98 Å². The van der Waals surface area contributed by atoms with Crippen LogP contribution in [0.5, 0.6) is 0 Å². The van der Waals surface area contributed by atoms with Crippen molar-refractivity contribution in [2.45, 2.75) is 155 Å². The lowest BCUT2D eigenvalue weighted by Crippen LogP contribution is -2.71. The molecular formula is C55H72N4S6Si4. The Morgan fingerprint density at radius 3 is 1.57 bits per heavy atom. The average molecular weight is 1090 g/mol. The molecule has 2 aliphatic heterocycles. The number of aromatic amines is 1. The number of hydrogen-bond donors (Lipinski definition) is 1. The predicted octanol–water partition coefficient (Wildman–Crippen LogP) is 20.6. The van der Waals surface area contributed by atoms with E-state index < -0.39 is 32.9 Å². The van der Waals surface area contributed by atoms with E-state index in [1.165, 1.54) is 112 Å². The fourth-order valence-electron chi connectivity index (χ4n) is 11.8. The third-order valence-electron chi connectivity index (χ3n) is 15.3. The first-order chi connectivity index (χ1) is 33.1. The summed E-state index contributed by atoms with van der Waals surface area (Å²) >= 11 is 11.8. The van der Waals surface area contributed by atoms with Crippen LogP contribution in [0.4, 0.5) is 11.4 Å². The van der Waals surface area contributed by atoms with E-state index in [9.17, 15) is 0 Å². The molecular weight excluding hydrogens is 1020 g/mol. The van der Waals surface area contributed by atoms with E-state index in [1.807, 2.05) is 22.7 Å². The van der Waals surface area contributed by atoms with Gasteiger partial charge in [-0.25, -0.2) is 4.98 Å². The molecule has 2 bridgehead atoms. The van der Waals surface area contributed by atoms with Gasteiger partial charge in [0.05, 0.1) is 41.3 Å². The molecule has 1 N–H and O–H groups in total. The maximum absolute atomic E-state index is 5.34. The van der Waals surface area contributed by atoms with Gasteiger partial charge in [-0.3, -0.25) is 0 Å². The van der Waals surface area contributed by atoms with Gasteiger partial charge < -0.3 is 13.4 Å². The van der Waals surface area contributed by atoms with Crippen LogP contribution in [0.1, 0.15) is 76.3 Å². The average Bonchev–Trinajstić information content (AvgIpc) is 4.17. The van der Waals surface area contributed by atoms with Crippen LogP contribution >= 0.6 is 68.0 Å². The minimum absolute atomic E-state index is 0.948. The van der Waals surface area contributed by atoms with Crippen molar-refractivity contribution in [3.05, 3.63) is 87.9 Å². The second-order valence-corrected chi connectivity index (χ2v) is 47.4. The number of rotatable bonds is 16. The Morgan fingerprint density at radius 1 is 0.493 bits per heavy atom. The first-order valence-electron chi connectivity index (χ1n) is 25.8. The van der Waals surface area contributed by atoms with Gasteiger partial charge in [0.1, 0.15) is 44.3 Å². The minimum Gasteiger partial charge on any atom is -0.421 e. The van der Waals surface area contributed by atoms with Crippen molar-refractivity contribution in [3.8, 4) is 60.8 Å². The second kappa shape index (κ2) is 20.0. The summed E-state index contributed by atoms with van der Waals surface area (Å²) < 4.78 is 6.57. The van der Waals surface area contributed by atoms with Crippen molar-refractivity contribution in [2.24, 2.45) is 0 Å². The Kier molecular flexibility index (Phi) is 14.5. The van der Waals surface area contributed by atoms with Gasteiger partial charge in [0.15, 0.2) is 0 Å². The lowest BCUT2D eigenvalue weighted by atomic mass is 10.0. The van der Waals surface area contributed by atoms with Crippen LogP contribution in [0.3, 0.4) is 0 Å². The molecule has 0 saturated carbocycles. The molecule has 10 rings (SSSR count). The fourth-order valence-corrected chi connectivity index (χ4v) is 47.3. The van der Waals surface area contributed by atoms with E-state index >= 15 is 0 Å². The summed E-state index contributed by atoms with van der Waals surface area (Å²) in [7, 11) is -7.51. The summed E-state index contributed by atoms with van der Waals surface area (Å²) in [5.41, 5.74) is 11.2.